The number of rotatable bonds is 7. The third-order valence-corrected chi connectivity index (χ3v) is 2.49. The number of ether oxygens (including phenoxy) is 1. The summed E-state index contributed by atoms with van der Waals surface area (Å²) in [5.74, 6) is -1.20. The minimum Gasteiger partial charge on any atom is -0.481 e. The van der Waals surface area contributed by atoms with Crippen LogP contribution in [0.25, 0.3) is 0 Å². The van der Waals surface area contributed by atoms with Crippen LogP contribution in [0, 0.1) is 0 Å². The molecule has 0 aliphatic heterocycles. The molecule has 0 saturated carbocycles. The molecule has 0 radical (unpaired) electrons. The largest absolute Gasteiger partial charge is 0.481 e. The van der Waals surface area contributed by atoms with Crippen LogP contribution in [0.3, 0.4) is 0 Å². The molecule has 0 bridgehead atoms. The van der Waals surface area contributed by atoms with Gasteiger partial charge in [-0.15, -0.1) is 0 Å². The van der Waals surface area contributed by atoms with Gasteiger partial charge in [0.15, 0.2) is 0 Å². The number of aromatic nitrogens is 1. The quantitative estimate of drug-likeness (QED) is 0.658. The molecule has 1 atom stereocenters. The predicted octanol–water partition coefficient (Wildman–Crippen LogP) is 0.343. The molecule has 104 valence electrons. The van der Waals surface area contributed by atoms with Crippen molar-refractivity contribution in [2.75, 3.05) is 26.0 Å². The monoisotopic (exact) mass is 267 g/mol. The van der Waals surface area contributed by atoms with Gasteiger partial charge in [-0.05, 0) is 12.1 Å². The van der Waals surface area contributed by atoms with E-state index in [2.05, 4.69) is 15.6 Å². The number of hydrogen-bond donors (Lipinski definition) is 3. The number of pyridine rings is 1. The molecule has 0 fully saturated rings. The van der Waals surface area contributed by atoms with Crippen LogP contribution >= 0.6 is 0 Å². The van der Waals surface area contributed by atoms with Gasteiger partial charge in [0.25, 0.3) is 5.91 Å². The molecule has 1 aromatic rings. The number of aliphatic carboxylic acids is 1. The summed E-state index contributed by atoms with van der Waals surface area (Å²) in [4.78, 5) is 25.9. The van der Waals surface area contributed by atoms with Gasteiger partial charge in [-0.1, -0.05) is 0 Å². The normalized spacial score (nSPS) is 11.7. The topological polar surface area (TPSA) is 101 Å². The predicted molar refractivity (Wildman–Crippen MR) is 69.2 cm³/mol. The van der Waals surface area contributed by atoms with Crippen molar-refractivity contribution in [1.82, 2.24) is 10.3 Å². The van der Waals surface area contributed by atoms with E-state index in [0.29, 0.717) is 17.9 Å². The Balaban J connectivity index is 2.61. The Kier molecular flexibility index (Phi) is 5.74. The number of nitrogens with one attached hydrogen (secondary N) is 2. The highest BCUT2D eigenvalue weighted by atomic mass is 16.5. The molecule has 1 rings (SSSR count). The molecule has 1 unspecified atom stereocenters. The van der Waals surface area contributed by atoms with Crippen LogP contribution in [0.1, 0.15) is 16.9 Å². The van der Waals surface area contributed by atoms with Gasteiger partial charge in [0, 0.05) is 32.6 Å². The molecule has 0 spiro atoms. The zero-order valence-corrected chi connectivity index (χ0v) is 10.8. The summed E-state index contributed by atoms with van der Waals surface area (Å²) in [6, 6.07) is 3.28. The maximum atomic E-state index is 11.4. The lowest BCUT2D eigenvalue weighted by Crippen LogP contribution is -2.25. The van der Waals surface area contributed by atoms with Crippen LogP contribution in [0.2, 0.25) is 0 Å². The Hall–Kier alpha value is -2.15. The van der Waals surface area contributed by atoms with Crippen molar-refractivity contribution in [3.63, 3.8) is 0 Å². The number of carbonyl (C=O) groups excluding carboxylic acids is 1. The maximum absolute atomic E-state index is 11.4. The molecule has 0 aliphatic rings. The lowest BCUT2D eigenvalue weighted by molar-refractivity contribution is -0.139. The minimum absolute atomic E-state index is 0.0864. The van der Waals surface area contributed by atoms with Gasteiger partial charge in [0.05, 0.1) is 12.5 Å². The smallest absolute Gasteiger partial charge is 0.306 e. The Morgan fingerprint density at radius 3 is 2.84 bits per heavy atom. The van der Waals surface area contributed by atoms with Gasteiger partial charge < -0.3 is 20.5 Å². The van der Waals surface area contributed by atoms with Crippen LogP contribution in [-0.2, 0) is 9.53 Å². The SMILES string of the molecule is CNC(=O)c1cc(NCC(CC(=O)O)OC)ccn1. The minimum atomic E-state index is -0.922. The molecule has 0 aliphatic carbocycles. The first-order valence-electron chi connectivity index (χ1n) is 5.73. The van der Waals surface area contributed by atoms with Crippen molar-refractivity contribution in [2.24, 2.45) is 0 Å². The zero-order chi connectivity index (χ0) is 14.3. The van der Waals surface area contributed by atoms with Gasteiger partial charge >= 0.3 is 5.97 Å². The van der Waals surface area contributed by atoms with E-state index in [0.717, 1.165) is 0 Å². The van der Waals surface area contributed by atoms with Crippen molar-refractivity contribution >= 4 is 17.6 Å². The summed E-state index contributed by atoms with van der Waals surface area (Å²) in [5, 5.41) is 14.2. The summed E-state index contributed by atoms with van der Waals surface area (Å²) in [5.41, 5.74) is 0.973. The first-order chi connectivity index (χ1) is 9.06. The van der Waals surface area contributed by atoms with Crippen LogP contribution in [0.4, 0.5) is 5.69 Å². The Morgan fingerprint density at radius 2 is 2.26 bits per heavy atom. The van der Waals surface area contributed by atoms with E-state index in [4.69, 9.17) is 9.84 Å². The number of amides is 1. The standard InChI is InChI=1S/C12H17N3O4/c1-13-12(18)10-5-8(3-4-14-10)15-7-9(19-2)6-11(16)17/h3-5,9H,6-7H2,1-2H3,(H,13,18)(H,14,15)(H,16,17). The lowest BCUT2D eigenvalue weighted by Gasteiger charge is -2.15. The average molecular weight is 267 g/mol. The number of carboxylic acids is 1. The third kappa shape index (κ3) is 4.92. The summed E-state index contributed by atoms with van der Waals surface area (Å²) in [6.07, 6.45) is 0.983. The van der Waals surface area contributed by atoms with E-state index in [9.17, 15) is 9.59 Å². The summed E-state index contributed by atoms with van der Waals surface area (Å²) >= 11 is 0. The maximum Gasteiger partial charge on any atom is 0.306 e. The van der Waals surface area contributed by atoms with Crippen molar-refractivity contribution < 1.29 is 19.4 Å². The molecule has 0 aromatic carbocycles. The number of methoxy groups -OCH3 is 1. The van der Waals surface area contributed by atoms with Crippen LogP contribution in [0.15, 0.2) is 18.3 Å². The highest BCUT2D eigenvalue weighted by molar-refractivity contribution is 5.92. The van der Waals surface area contributed by atoms with Crippen molar-refractivity contribution in [1.29, 1.82) is 0 Å². The number of nitrogens with zero attached hydrogens (tertiary/aromatic N) is 1. The summed E-state index contributed by atoms with van der Waals surface area (Å²) < 4.78 is 5.04. The van der Waals surface area contributed by atoms with Gasteiger partial charge in [0.1, 0.15) is 5.69 Å². The molecule has 1 heterocycles. The Labute approximate surface area is 111 Å². The Morgan fingerprint density at radius 1 is 1.53 bits per heavy atom. The van der Waals surface area contributed by atoms with Crippen molar-refractivity contribution in [3.05, 3.63) is 24.0 Å². The van der Waals surface area contributed by atoms with Gasteiger partial charge in [-0.3, -0.25) is 14.6 Å². The van der Waals surface area contributed by atoms with Gasteiger partial charge in [-0.25, -0.2) is 0 Å². The number of hydrogen-bond acceptors (Lipinski definition) is 5. The van der Waals surface area contributed by atoms with Crippen LogP contribution < -0.4 is 10.6 Å². The molecular formula is C12H17N3O4. The number of carboxylic acid groups (broad SMARTS) is 1. The highest BCUT2D eigenvalue weighted by Crippen LogP contribution is 2.09. The second kappa shape index (κ2) is 7.32. The fraction of sp³-hybridized carbons (Fsp3) is 0.417. The molecule has 0 saturated heterocycles. The van der Waals surface area contributed by atoms with Crippen LogP contribution in [-0.4, -0.2) is 48.8 Å². The van der Waals surface area contributed by atoms with E-state index >= 15 is 0 Å². The van der Waals surface area contributed by atoms with Gasteiger partial charge in [0.2, 0.25) is 0 Å². The molecule has 7 nitrogen and oxygen atoms in total. The first kappa shape index (κ1) is 14.9. The van der Waals surface area contributed by atoms with E-state index in [-0.39, 0.29) is 12.3 Å². The molecule has 7 heteroatoms. The molecular weight excluding hydrogens is 250 g/mol. The summed E-state index contributed by atoms with van der Waals surface area (Å²) in [6.45, 7) is 0.333. The lowest BCUT2D eigenvalue weighted by atomic mass is 10.2. The Bertz CT molecular complexity index is 450. The molecule has 19 heavy (non-hydrogen) atoms. The van der Waals surface area contributed by atoms with Gasteiger partial charge in [-0.2, -0.15) is 0 Å². The molecule has 1 amide bonds. The third-order valence-electron chi connectivity index (χ3n) is 2.49. The zero-order valence-electron chi connectivity index (χ0n) is 10.8. The van der Waals surface area contributed by atoms with Crippen LogP contribution in [0.5, 0.6) is 0 Å². The fourth-order valence-corrected chi connectivity index (χ4v) is 1.46. The number of anilines is 1. The van der Waals surface area contributed by atoms with E-state index in [1.54, 1.807) is 12.1 Å². The second-order valence-corrected chi connectivity index (χ2v) is 3.85. The van der Waals surface area contributed by atoms with E-state index < -0.39 is 12.1 Å². The van der Waals surface area contributed by atoms with Crippen molar-refractivity contribution in [2.45, 2.75) is 12.5 Å². The second-order valence-electron chi connectivity index (χ2n) is 3.85. The highest BCUT2D eigenvalue weighted by Gasteiger charge is 2.12. The van der Waals surface area contributed by atoms with E-state index in [1.165, 1.54) is 20.4 Å². The number of carbonyl (C=O) groups is 2. The first-order valence-corrected chi connectivity index (χ1v) is 5.73. The average Bonchev–Trinajstić information content (AvgIpc) is 2.42. The summed E-state index contributed by atoms with van der Waals surface area (Å²) in [7, 11) is 2.98. The fourth-order valence-electron chi connectivity index (χ4n) is 1.46. The van der Waals surface area contributed by atoms with Crippen molar-refractivity contribution in [3.8, 4) is 0 Å². The molecule has 3 N–H and O–H groups in total. The molecule has 1 aromatic heterocycles. The van der Waals surface area contributed by atoms with E-state index in [1.807, 2.05) is 0 Å².